The van der Waals surface area contributed by atoms with Crippen LogP contribution in [0, 0.1) is 13.8 Å². The van der Waals surface area contributed by atoms with Gasteiger partial charge in [0.2, 0.25) is 0 Å². The Labute approximate surface area is 122 Å². The molecule has 0 aliphatic heterocycles. The zero-order valence-corrected chi connectivity index (χ0v) is 11.9. The van der Waals surface area contributed by atoms with Gasteiger partial charge in [-0.05, 0) is 25.3 Å². The lowest BCUT2D eigenvalue weighted by Gasteiger charge is -2.07. The Bertz CT molecular complexity index is 783. The highest BCUT2D eigenvalue weighted by molar-refractivity contribution is 6.05. The first-order valence-corrected chi connectivity index (χ1v) is 6.70. The maximum Gasteiger partial charge on any atom is 0.270 e. The Balaban J connectivity index is 1.85. The molecule has 21 heavy (non-hydrogen) atoms. The Kier molecular flexibility index (Phi) is 3.39. The van der Waals surface area contributed by atoms with Gasteiger partial charge in [-0.1, -0.05) is 29.4 Å². The number of fused-ring (bicyclic) bond motifs is 1. The number of hydrogen-bond acceptors (Lipinski definition) is 4. The van der Waals surface area contributed by atoms with E-state index in [2.05, 4.69) is 15.5 Å². The topological polar surface area (TPSA) is 68.0 Å². The number of aryl methyl sites for hydroxylation is 2. The van der Waals surface area contributed by atoms with E-state index < -0.39 is 0 Å². The molecule has 0 aliphatic rings. The summed E-state index contributed by atoms with van der Waals surface area (Å²) in [6.07, 6.45) is 1.65. The molecule has 0 saturated carbocycles. The molecule has 0 radical (unpaired) electrons. The zero-order chi connectivity index (χ0) is 14.8. The summed E-state index contributed by atoms with van der Waals surface area (Å²) >= 11 is 0. The summed E-state index contributed by atoms with van der Waals surface area (Å²) in [6, 6.07) is 9.58. The summed E-state index contributed by atoms with van der Waals surface area (Å²) in [6.45, 7) is 4.07. The third-order valence-corrected chi connectivity index (χ3v) is 3.50. The fourth-order valence-corrected chi connectivity index (χ4v) is 2.31. The van der Waals surface area contributed by atoms with Crippen molar-refractivity contribution in [3.63, 3.8) is 0 Å². The Morgan fingerprint density at radius 3 is 2.81 bits per heavy atom. The molecule has 0 aliphatic carbocycles. The zero-order valence-electron chi connectivity index (χ0n) is 11.9. The third kappa shape index (κ3) is 2.50. The van der Waals surface area contributed by atoms with E-state index in [0.717, 1.165) is 27.8 Å². The molecule has 0 bridgehead atoms. The van der Waals surface area contributed by atoms with E-state index >= 15 is 0 Å². The lowest BCUT2D eigenvalue weighted by atomic mass is 10.1. The lowest BCUT2D eigenvalue weighted by Crippen LogP contribution is -2.24. The number of pyridine rings is 1. The summed E-state index contributed by atoms with van der Waals surface area (Å²) in [5, 5.41) is 8.59. The van der Waals surface area contributed by atoms with Gasteiger partial charge in [0, 0.05) is 23.7 Å². The molecule has 106 valence electrons. The minimum atomic E-state index is -0.202. The van der Waals surface area contributed by atoms with E-state index in [9.17, 15) is 4.79 Å². The molecule has 3 rings (SSSR count). The van der Waals surface area contributed by atoms with Crippen LogP contribution in [0.2, 0.25) is 0 Å². The van der Waals surface area contributed by atoms with Gasteiger partial charge < -0.3 is 9.84 Å². The van der Waals surface area contributed by atoms with Crippen LogP contribution in [0.5, 0.6) is 0 Å². The molecule has 5 nitrogen and oxygen atoms in total. The van der Waals surface area contributed by atoms with Gasteiger partial charge >= 0.3 is 0 Å². The minimum absolute atomic E-state index is 0.202. The van der Waals surface area contributed by atoms with Gasteiger partial charge in [0.05, 0.1) is 5.69 Å². The van der Waals surface area contributed by atoms with Crippen LogP contribution < -0.4 is 5.32 Å². The Hall–Kier alpha value is -2.69. The number of amides is 1. The van der Waals surface area contributed by atoms with E-state index in [0.29, 0.717) is 12.2 Å². The van der Waals surface area contributed by atoms with Crippen molar-refractivity contribution >= 4 is 16.7 Å². The van der Waals surface area contributed by atoms with E-state index in [4.69, 9.17) is 4.52 Å². The Morgan fingerprint density at radius 1 is 1.24 bits per heavy atom. The van der Waals surface area contributed by atoms with Gasteiger partial charge in [-0.2, -0.15) is 0 Å². The van der Waals surface area contributed by atoms with Crippen molar-refractivity contribution in [3.05, 3.63) is 59.2 Å². The molecular weight excluding hydrogens is 266 g/mol. The summed E-state index contributed by atoms with van der Waals surface area (Å²) in [7, 11) is 0. The smallest absolute Gasteiger partial charge is 0.270 e. The molecular formula is C16H15N3O2. The highest BCUT2D eigenvalue weighted by Gasteiger charge is 2.14. The number of carbonyl (C=O) groups is 1. The van der Waals surface area contributed by atoms with Crippen molar-refractivity contribution in [1.29, 1.82) is 0 Å². The molecule has 0 fully saturated rings. The number of carbonyl (C=O) groups excluding carboxylic acids is 1. The van der Waals surface area contributed by atoms with Gasteiger partial charge in [0.25, 0.3) is 5.91 Å². The van der Waals surface area contributed by atoms with E-state index in [1.807, 2.05) is 44.2 Å². The van der Waals surface area contributed by atoms with Crippen molar-refractivity contribution in [1.82, 2.24) is 15.5 Å². The highest BCUT2D eigenvalue weighted by Crippen LogP contribution is 2.17. The maximum atomic E-state index is 12.4. The maximum absolute atomic E-state index is 12.4. The fourth-order valence-electron chi connectivity index (χ4n) is 2.31. The highest BCUT2D eigenvalue weighted by atomic mass is 16.5. The van der Waals surface area contributed by atoms with Gasteiger partial charge in [0.15, 0.2) is 0 Å². The molecule has 0 unspecified atom stereocenters. The lowest BCUT2D eigenvalue weighted by molar-refractivity contribution is 0.0947. The van der Waals surface area contributed by atoms with Crippen LogP contribution in [-0.4, -0.2) is 16.0 Å². The number of nitrogens with one attached hydrogen (secondary N) is 1. The number of hydrogen-bond donors (Lipinski definition) is 1. The SMILES string of the molecule is Cc1noc(C)c1CNC(=O)c1nccc2ccccc12. The molecule has 1 N–H and O–H groups in total. The van der Waals surface area contributed by atoms with Crippen LogP contribution in [0.4, 0.5) is 0 Å². The van der Waals surface area contributed by atoms with E-state index in [1.165, 1.54) is 0 Å². The van der Waals surface area contributed by atoms with Crippen molar-refractivity contribution in [2.45, 2.75) is 20.4 Å². The number of benzene rings is 1. The number of nitrogens with zero attached hydrogens (tertiary/aromatic N) is 2. The standard InChI is InChI=1S/C16H15N3O2/c1-10-14(11(2)21-19-10)9-18-16(20)15-13-6-4-3-5-12(13)7-8-17-15/h3-8H,9H2,1-2H3,(H,18,20). The molecule has 0 atom stereocenters. The molecule has 3 aromatic rings. The predicted octanol–water partition coefficient (Wildman–Crippen LogP) is 2.77. The molecule has 2 heterocycles. The van der Waals surface area contributed by atoms with Crippen molar-refractivity contribution in [2.24, 2.45) is 0 Å². The van der Waals surface area contributed by atoms with Crippen molar-refractivity contribution < 1.29 is 9.32 Å². The van der Waals surface area contributed by atoms with Crippen molar-refractivity contribution in [2.75, 3.05) is 0 Å². The third-order valence-electron chi connectivity index (χ3n) is 3.50. The summed E-state index contributed by atoms with van der Waals surface area (Å²) in [5.41, 5.74) is 2.13. The van der Waals surface area contributed by atoms with Crippen molar-refractivity contribution in [3.8, 4) is 0 Å². The minimum Gasteiger partial charge on any atom is -0.361 e. The Morgan fingerprint density at radius 2 is 2.05 bits per heavy atom. The quantitative estimate of drug-likeness (QED) is 0.801. The first-order chi connectivity index (χ1) is 10.2. The van der Waals surface area contributed by atoms with Gasteiger partial charge in [-0.15, -0.1) is 0 Å². The van der Waals surface area contributed by atoms with Gasteiger partial charge in [-0.25, -0.2) is 0 Å². The van der Waals surface area contributed by atoms with Crippen LogP contribution in [-0.2, 0) is 6.54 Å². The number of rotatable bonds is 3. The monoisotopic (exact) mass is 281 g/mol. The second kappa shape index (κ2) is 5.36. The molecule has 1 aromatic carbocycles. The summed E-state index contributed by atoms with van der Waals surface area (Å²) in [4.78, 5) is 16.6. The predicted molar refractivity (Wildman–Crippen MR) is 78.9 cm³/mol. The first-order valence-electron chi connectivity index (χ1n) is 6.70. The number of aromatic nitrogens is 2. The second-order valence-electron chi connectivity index (χ2n) is 4.87. The fraction of sp³-hybridized carbons (Fsp3) is 0.188. The van der Waals surface area contributed by atoms with Crippen LogP contribution in [0.15, 0.2) is 41.1 Å². The average molecular weight is 281 g/mol. The van der Waals surface area contributed by atoms with Crippen LogP contribution >= 0.6 is 0 Å². The van der Waals surface area contributed by atoms with Crippen LogP contribution in [0.25, 0.3) is 10.8 Å². The largest absolute Gasteiger partial charge is 0.361 e. The average Bonchev–Trinajstić information content (AvgIpc) is 2.83. The van der Waals surface area contributed by atoms with E-state index in [-0.39, 0.29) is 5.91 Å². The van der Waals surface area contributed by atoms with Crippen LogP contribution in [0.1, 0.15) is 27.5 Å². The molecule has 1 amide bonds. The normalized spacial score (nSPS) is 10.8. The van der Waals surface area contributed by atoms with E-state index in [1.54, 1.807) is 6.20 Å². The first kappa shape index (κ1) is 13.3. The molecule has 0 saturated heterocycles. The molecule has 2 aromatic heterocycles. The summed E-state index contributed by atoms with van der Waals surface area (Å²) in [5.74, 6) is 0.519. The second-order valence-corrected chi connectivity index (χ2v) is 4.87. The summed E-state index contributed by atoms with van der Waals surface area (Å²) < 4.78 is 5.09. The van der Waals surface area contributed by atoms with Gasteiger partial charge in [0.1, 0.15) is 11.5 Å². The molecule has 5 heteroatoms. The van der Waals surface area contributed by atoms with Gasteiger partial charge in [-0.3, -0.25) is 9.78 Å². The molecule has 0 spiro atoms. The van der Waals surface area contributed by atoms with Crippen LogP contribution in [0.3, 0.4) is 0 Å².